The van der Waals surface area contributed by atoms with E-state index >= 15 is 0 Å². The molecule has 0 radical (unpaired) electrons. The van der Waals surface area contributed by atoms with Crippen LogP contribution >= 0.6 is 0 Å². The molecule has 0 spiro atoms. The third-order valence-corrected chi connectivity index (χ3v) is 3.68. The van der Waals surface area contributed by atoms with E-state index in [1.807, 2.05) is 0 Å². The molecule has 2 nitrogen and oxygen atoms in total. The molecule has 0 N–H and O–H groups in total. The van der Waals surface area contributed by atoms with Crippen molar-refractivity contribution >= 4 is 10.9 Å². The lowest BCUT2D eigenvalue weighted by Gasteiger charge is -2.09. The van der Waals surface area contributed by atoms with E-state index in [9.17, 15) is 0 Å². The fourth-order valence-corrected chi connectivity index (χ4v) is 2.54. The van der Waals surface area contributed by atoms with Crippen molar-refractivity contribution in [2.24, 2.45) is 0 Å². The van der Waals surface area contributed by atoms with Gasteiger partial charge in [-0.2, -0.15) is 0 Å². The van der Waals surface area contributed by atoms with E-state index in [-0.39, 0.29) is 0 Å². The van der Waals surface area contributed by atoms with Crippen LogP contribution in [-0.2, 0) is 17.6 Å². The summed E-state index contributed by atoms with van der Waals surface area (Å²) in [5.74, 6) is 2.30. The minimum Gasteiger partial charge on any atom is -0.372 e. The first-order valence-electron chi connectivity index (χ1n) is 8.12. The maximum absolute atomic E-state index is 4.76. The summed E-state index contributed by atoms with van der Waals surface area (Å²) in [4.78, 5) is 4.70. The third-order valence-electron chi connectivity index (χ3n) is 3.68. The van der Waals surface area contributed by atoms with Crippen LogP contribution < -0.4 is 0 Å². The van der Waals surface area contributed by atoms with Crippen molar-refractivity contribution in [3.05, 3.63) is 77.5 Å². The molecule has 0 unspecified atom stereocenters. The van der Waals surface area contributed by atoms with E-state index in [1.165, 1.54) is 22.2 Å². The van der Waals surface area contributed by atoms with Gasteiger partial charge in [0.05, 0.1) is 5.52 Å². The van der Waals surface area contributed by atoms with Gasteiger partial charge in [-0.1, -0.05) is 61.4 Å². The van der Waals surface area contributed by atoms with Crippen LogP contribution in [0.1, 0.15) is 23.7 Å². The molecule has 1 heterocycles. The second kappa shape index (κ2) is 9.50. The van der Waals surface area contributed by atoms with Gasteiger partial charge in [0.25, 0.3) is 0 Å². The third kappa shape index (κ3) is 4.94. The minimum atomic E-state index is 0.417. The Morgan fingerprint density at radius 2 is 1.75 bits per heavy atom. The Balaban J connectivity index is 0.000000368. The molecular weight excluding hydrogens is 294 g/mol. The standard InChI is InChI=1S/C18H17N.C4H6O/c1-2-16-13-15(12-14-8-4-3-5-9-14)17-10-6-7-11-18(17)19-16;1-3-4-5-2/h3-11,13H,2,12H2,1H3;1H,4H2,2H3. The number of hydrogen-bond donors (Lipinski definition) is 0. The van der Waals surface area contributed by atoms with Gasteiger partial charge in [0.15, 0.2) is 0 Å². The summed E-state index contributed by atoms with van der Waals surface area (Å²) in [6.07, 6.45) is 6.71. The monoisotopic (exact) mass is 317 g/mol. The van der Waals surface area contributed by atoms with Crippen molar-refractivity contribution in [3.8, 4) is 12.3 Å². The van der Waals surface area contributed by atoms with Crippen LogP contribution in [0.3, 0.4) is 0 Å². The van der Waals surface area contributed by atoms with E-state index in [1.54, 1.807) is 7.11 Å². The Morgan fingerprint density at radius 1 is 1.04 bits per heavy atom. The number of fused-ring (bicyclic) bond motifs is 1. The molecule has 0 aliphatic heterocycles. The highest BCUT2D eigenvalue weighted by molar-refractivity contribution is 5.82. The molecule has 0 saturated heterocycles. The molecule has 24 heavy (non-hydrogen) atoms. The molecule has 0 bridgehead atoms. The summed E-state index contributed by atoms with van der Waals surface area (Å²) in [7, 11) is 1.57. The molecule has 3 aromatic rings. The predicted octanol–water partition coefficient (Wildman–Crippen LogP) is 4.65. The topological polar surface area (TPSA) is 22.1 Å². The van der Waals surface area contributed by atoms with Crippen LogP contribution in [0.2, 0.25) is 0 Å². The molecule has 0 atom stereocenters. The number of para-hydroxylation sites is 1. The van der Waals surface area contributed by atoms with Gasteiger partial charge < -0.3 is 4.74 Å². The number of terminal acetylenes is 1. The smallest absolute Gasteiger partial charge is 0.107 e. The highest BCUT2D eigenvalue weighted by Crippen LogP contribution is 2.21. The Labute approximate surface area is 144 Å². The summed E-state index contributed by atoms with van der Waals surface area (Å²) in [6, 6.07) is 21.3. The van der Waals surface area contributed by atoms with Gasteiger partial charge >= 0.3 is 0 Å². The summed E-state index contributed by atoms with van der Waals surface area (Å²) >= 11 is 0. The number of aryl methyl sites for hydroxylation is 1. The largest absolute Gasteiger partial charge is 0.372 e. The average molecular weight is 317 g/mol. The lowest BCUT2D eigenvalue weighted by molar-refractivity contribution is 0.240. The molecule has 1 aromatic heterocycles. The van der Waals surface area contributed by atoms with Gasteiger partial charge in [0.1, 0.15) is 6.61 Å². The molecule has 0 fully saturated rings. The van der Waals surface area contributed by atoms with Gasteiger partial charge in [0.2, 0.25) is 0 Å². The zero-order valence-corrected chi connectivity index (χ0v) is 14.3. The molecule has 2 aromatic carbocycles. The van der Waals surface area contributed by atoms with E-state index in [0.717, 1.165) is 18.4 Å². The van der Waals surface area contributed by atoms with Crippen molar-refractivity contribution < 1.29 is 4.74 Å². The molecule has 0 saturated carbocycles. The molecule has 0 amide bonds. The molecule has 2 heteroatoms. The SMILES string of the molecule is C#CCOC.CCc1cc(Cc2ccccc2)c2ccccc2n1. The number of nitrogens with zero attached hydrogens (tertiary/aromatic N) is 1. The Kier molecular flexibility index (Phi) is 7.01. The van der Waals surface area contributed by atoms with Crippen molar-refractivity contribution in [3.63, 3.8) is 0 Å². The van der Waals surface area contributed by atoms with Crippen LogP contribution in [0, 0.1) is 12.3 Å². The first kappa shape index (κ1) is 17.7. The Bertz CT molecular complexity index is 803. The van der Waals surface area contributed by atoms with E-state index in [0.29, 0.717) is 6.61 Å². The highest BCUT2D eigenvalue weighted by atomic mass is 16.5. The lowest BCUT2D eigenvalue weighted by atomic mass is 10.00. The summed E-state index contributed by atoms with van der Waals surface area (Å²) in [5.41, 5.74) is 4.99. The second-order valence-electron chi connectivity index (χ2n) is 5.44. The summed E-state index contributed by atoms with van der Waals surface area (Å²) in [6.45, 7) is 2.57. The average Bonchev–Trinajstić information content (AvgIpc) is 2.63. The van der Waals surface area contributed by atoms with Crippen LogP contribution in [0.25, 0.3) is 10.9 Å². The van der Waals surface area contributed by atoms with Gasteiger partial charge in [-0.25, -0.2) is 0 Å². The maximum Gasteiger partial charge on any atom is 0.107 e. The molecular formula is C22H23NO. The van der Waals surface area contributed by atoms with Crippen LogP contribution in [0.15, 0.2) is 60.7 Å². The maximum atomic E-state index is 4.76. The molecule has 0 aliphatic rings. The minimum absolute atomic E-state index is 0.417. The number of aromatic nitrogens is 1. The normalized spacial score (nSPS) is 9.88. The number of rotatable bonds is 4. The Morgan fingerprint density at radius 3 is 2.38 bits per heavy atom. The number of hydrogen-bond acceptors (Lipinski definition) is 2. The van der Waals surface area contributed by atoms with Gasteiger partial charge in [-0.15, -0.1) is 6.42 Å². The van der Waals surface area contributed by atoms with Crippen LogP contribution in [0.5, 0.6) is 0 Å². The second-order valence-corrected chi connectivity index (χ2v) is 5.44. The summed E-state index contributed by atoms with van der Waals surface area (Å²) in [5, 5.41) is 1.27. The number of pyridine rings is 1. The zero-order chi connectivity index (χ0) is 17.2. The van der Waals surface area contributed by atoms with Gasteiger partial charge in [-0.3, -0.25) is 4.98 Å². The van der Waals surface area contributed by atoms with Crippen molar-refractivity contribution in [2.45, 2.75) is 19.8 Å². The first-order chi connectivity index (χ1) is 11.8. The molecule has 3 rings (SSSR count). The molecule has 122 valence electrons. The quantitative estimate of drug-likeness (QED) is 0.653. The fraction of sp³-hybridized carbons (Fsp3) is 0.227. The van der Waals surface area contributed by atoms with E-state index < -0.39 is 0 Å². The van der Waals surface area contributed by atoms with Gasteiger partial charge in [-0.05, 0) is 36.1 Å². The highest BCUT2D eigenvalue weighted by Gasteiger charge is 2.05. The summed E-state index contributed by atoms with van der Waals surface area (Å²) < 4.78 is 4.45. The van der Waals surface area contributed by atoms with Crippen LogP contribution in [0.4, 0.5) is 0 Å². The van der Waals surface area contributed by atoms with Crippen molar-refractivity contribution in [1.82, 2.24) is 4.98 Å². The van der Waals surface area contributed by atoms with Crippen LogP contribution in [-0.4, -0.2) is 18.7 Å². The Hall–Kier alpha value is -2.63. The first-order valence-corrected chi connectivity index (χ1v) is 8.12. The number of methoxy groups -OCH3 is 1. The van der Waals surface area contributed by atoms with Gasteiger partial charge in [0, 0.05) is 18.2 Å². The predicted molar refractivity (Wildman–Crippen MR) is 101 cm³/mol. The van der Waals surface area contributed by atoms with Crippen molar-refractivity contribution in [2.75, 3.05) is 13.7 Å². The van der Waals surface area contributed by atoms with E-state index in [2.05, 4.69) is 78.2 Å². The zero-order valence-electron chi connectivity index (χ0n) is 14.3. The number of ether oxygens (including phenoxy) is 1. The van der Waals surface area contributed by atoms with Crippen molar-refractivity contribution in [1.29, 1.82) is 0 Å². The van der Waals surface area contributed by atoms with E-state index in [4.69, 9.17) is 11.4 Å². The fourth-order valence-electron chi connectivity index (χ4n) is 2.54. The lowest BCUT2D eigenvalue weighted by Crippen LogP contribution is -1.95. The number of benzene rings is 2. The molecule has 0 aliphatic carbocycles.